The van der Waals surface area contributed by atoms with Crippen LogP contribution >= 0.6 is 14.1 Å². The number of rotatable bonds is 4. The molecular formula is C44H56Br2Cu2N4. The predicted molar refractivity (Wildman–Crippen MR) is 217 cm³/mol. The molecule has 0 saturated carbocycles. The molecule has 0 spiro atoms. The zero-order valence-electron chi connectivity index (χ0n) is 33.0. The summed E-state index contributed by atoms with van der Waals surface area (Å²) in [6.45, 7) is 37.8. The molecule has 4 aromatic rings. The van der Waals surface area contributed by atoms with Crippen LogP contribution in [-0.2, 0) is 31.3 Å². The van der Waals surface area contributed by atoms with E-state index in [9.17, 15) is 0 Å². The number of benzene rings is 4. The van der Waals surface area contributed by atoms with E-state index in [0.29, 0.717) is 0 Å². The Kier molecular flexibility index (Phi) is 18.4. The number of aryl methyl sites for hydroxylation is 12. The molecule has 288 valence electrons. The topological polar surface area (TPSA) is 13.0 Å². The van der Waals surface area contributed by atoms with E-state index in [1.54, 1.807) is 0 Å². The van der Waals surface area contributed by atoms with Crippen LogP contribution in [0.2, 0.25) is 0 Å². The van der Waals surface area contributed by atoms with Crippen molar-refractivity contribution in [2.45, 2.75) is 95.9 Å². The third-order valence-electron chi connectivity index (χ3n) is 9.63. The van der Waals surface area contributed by atoms with Crippen molar-refractivity contribution in [1.29, 1.82) is 0 Å². The summed E-state index contributed by atoms with van der Waals surface area (Å²) in [5, 5.41) is 0. The third-order valence-corrected chi connectivity index (χ3v) is 9.63. The van der Waals surface area contributed by atoms with Gasteiger partial charge in [-0.1, -0.05) is 70.8 Å². The summed E-state index contributed by atoms with van der Waals surface area (Å²) in [4.78, 5) is 9.25. The molecule has 2 heterocycles. The van der Waals surface area contributed by atoms with Crippen molar-refractivity contribution in [1.82, 2.24) is 0 Å². The Hall–Kier alpha value is -1.92. The molecule has 0 amide bonds. The quantitative estimate of drug-likeness (QED) is 0.191. The van der Waals surface area contributed by atoms with E-state index in [-0.39, 0.29) is 34.1 Å². The van der Waals surface area contributed by atoms with Gasteiger partial charge in [-0.15, -0.1) is 0 Å². The van der Waals surface area contributed by atoms with Crippen LogP contribution in [0.4, 0.5) is 22.7 Å². The Morgan fingerprint density at radius 1 is 0.385 bits per heavy atom. The van der Waals surface area contributed by atoms with Crippen LogP contribution in [0.5, 0.6) is 0 Å². The number of halogens is 2. The molecule has 6 rings (SSSR count). The van der Waals surface area contributed by atoms with E-state index in [4.69, 9.17) is 0 Å². The Morgan fingerprint density at radius 3 is 0.692 bits per heavy atom. The Bertz CT molecular complexity index is 1460. The van der Waals surface area contributed by atoms with Gasteiger partial charge in [0.2, 0.25) is 13.3 Å². The van der Waals surface area contributed by atoms with E-state index >= 15 is 0 Å². The molecule has 2 saturated heterocycles. The summed E-state index contributed by atoms with van der Waals surface area (Å²) in [6.07, 6.45) is 2.29. The summed E-state index contributed by atoms with van der Waals surface area (Å²) in [7, 11) is 0. The Labute approximate surface area is 352 Å². The van der Waals surface area contributed by atoms with Crippen LogP contribution in [0.3, 0.4) is 0 Å². The molecular weight excluding hydrogens is 871 g/mol. The molecule has 0 unspecified atom stereocenters. The molecule has 0 atom stereocenters. The monoisotopic (exact) mass is 924 g/mol. The fourth-order valence-corrected chi connectivity index (χ4v) is 8.31. The van der Waals surface area contributed by atoms with Gasteiger partial charge in [0.25, 0.3) is 0 Å². The van der Waals surface area contributed by atoms with Crippen molar-refractivity contribution in [3.63, 3.8) is 0 Å². The number of nitrogens with zero attached hydrogens (tertiary/aromatic N) is 4. The first-order valence-corrected chi connectivity index (χ1v) is 20.1. The second-order valence-corrected chi connectivity index (χ2v) is 14.5. The van der Waals surface area contributed by atoms with Crippen molar-refractivity contribution >= 4 is 36.9 Å². The molecule has 4 aromatic carbocycles. The first-order valence-electron chi connectivity index (χ1n) is 17.8. The predicted octanol–water partition coefficient (Wildman–Crippen LogP) is 8.34. The normalized spacial score (nSPS) is 14.1. The van der Waals surface area contributed by atoms with E-state index in [1.165, 1.54) is 89.5 Å². The van der Waals surface area contributed by atoms with Gasteiger partial charge < -0.3 is 36.6 Å². The van der Waals surface area contributed by atoms with Crippen molar-refractivity contribution < 1.29 is 48.3 Å². The SMILES string of the molecule is Cc1cc(C)c(N2[C]N(c3c(C)cc(C)cc3C)CCC2)c(C)c1.Cc1cc(C)c(N2[C]N(c3c(C)cc(C)cc3C)CCC2)c(C)c1.[Br-].[Cu+].[Cu][Br]. The van der Waals surface area contributed by atoms with E-state index in [1.807, 2.05) is 0 Å². The molecule has 0 aromatic heterocycles. The van der Waals surface area contributed by atoms with Gasteiger partial charge in [0.1, 0.15) is 0 Å². The van der Waals surface area contributed by atoms with Gasteiger partial charge in [0, 0.05) is 48.9 Å². The minimum absolute atomic E-state index is 0. The molecule has 2 aliphatic heterocycles. The van der Waals surface area contributed by atoms with Crippen LogP contribution in [0.25, 0.3) is 0 Å². The molecule has 8 heteroatoms. The Balaban J connectivity index is 0.000000332. The second kappa shape index (κ2) is 20.7. The molecule has 4 radical (unpaired) electrons. The van der Waals surface area contributed by atoms with Crippen molar-refractivity contribution in [2.24, 2.45) is 0 Å². The number of anilines is 4. The van der Waals surface area contributed by atoms with Crippen LogP contribution in [0, 0.1) is 96.4 Å². The fraction of sp³-hybridized carbons (Fsp3) is 0.409. The van der Waals surface area contributed by atoms with E-state index < -0.39 is 0 Å². The first kappa shape index (κ1) is 46.2. The summed E-state index contributed by atoms with van der Waals surface area (Å²) >= 11 is 6.50. The second-order valence-electron chi connectivity index (χ2n) is 14.5. The van der Waals surface area contributed by atoms with Crippen molar-refractivity contribution in [2.75, 3.05) is 45.8 Å². The van der Waals surface area contributed by atoms with E-state index in [0.717, 1.165) is 39.0 Å². The van der Waals surface area contributed by atoms with E-state index in [2.05, 4.69) is 193 Å². The molecule has 0 aliphatic carbocycles. The zero-order chi connectivity index (χ0) is 36.9. The summed E-state index contributed by atoms with van der Waals surface area (Å²) in [5.74, 6) is 0. The van der Waals surface area contributed by atoms with Gasteiger partial charge in [0.15, 0.2) is 0 Å². The van der Waals surface area contributed by atoms with Crippen LogP contribution in [0.15, 0.2) is 48.5 Å². The van der Waals surface area contributed by atoms with Crippen molar-refractivity contribution in [3.05, 3.63) is 129 Å². The minimum atomic E-state index is 0. The fourth-order valence-electron chi connectivity index (χ4n) is 8.31. The van der Waals surface area contributed by atoms with Gasteiger partial charge in [-0.25, -0.2) is 0 Å². The average Bonchev–Trinajstić information content (AvgIpc) is 3.01. The standard InChI is InChI=1S/2C22H28N2.2BrH.2Cu/c2*1-15-10-17(3)21(18(4)11-15)23-8-7-9-24(14-23)22-19(5)12-16(2)13-20(22)6;;;;/h2*10-13H,7-9H2,1-6H3;2*1H;;/q;;;;2*+1/p-2. The molecule has 0 N–H and O–H groups in total. The maximum atomic E-state index is 4.00. The molecule has 2 aliphatic rings. The van der Waals surface area contributed by atoms with Gasteiger partial charge in [0.05, 0.1) is 0 Å². The maximum absolute atomic E-state index is 4.00. The number of hydrogen-bond acceptors (Lipinski definition) is 4. The molecule has 52 heavy (non-hydrogen) atoms. The van der Waals surface area contributed by atoms with Crippen molar-refractivity contribution in [3.8, 4) is 0 Å². The molecule has 4 nitrogen and oxygen atoms in total. The first-order chi connectivity index (χ1) is 23.7. The molecule has 0 bridgehead atoms. The average molecular weight is 928 g/mol. The van der Waals surface area contributed by atoms with Crippen LogP contribution in [-0.4, -0.2) is 26.2 Å². The van der Waals surface area contributed by atoms with Gasteiger partial charge >= 0.3 is 45.4 Å². The summed E-state index contributed by atoms with van der Waals surface area (Å²) in [6, 6.07) is 18.2. The number of hydrogen-bond donors (Lipinski definition) is 0. The van der Waals surface area contributed by atoms with Crippen LogP contribution in [0.1, 0.15) is 79.6 Å². The molecule has 2 fully saturated rings. The Morgan fingerprint density at radius 2 is 0.538 bits per heavy atom. The van der Waals surface area contributed by atoms with Gasteiger partial charge in [-0.2, -0.15) is 0 Å². The van der Waals surface area contributed by atoms with Crippen LogP contribution < -0.4 is 36.6 Å². The van der Waals surface area contributed by atoms with Gasteiger partial charge in [-0.05, 0) is 140 Å². The van der Waals surface area contributed by atoms with Gasteiger partial charge in [-0.3, -0.25) is 0 Å². The summed E-state index contributed by atoms with van der Waals surface area (Å²) < 4.78 is 0. The zero-order valence-corrected chi connectivity index (χ0v) is 38.1. The summed E-state index contributed by atoms with van der Waals surface area (Å²) in [5.41, 5.74) is 21.2. The third kappa shape index (κ3) is 11.1.